The summed E-state index contributed by atoms with van der Waals surface area (Å²) in [4.78, 5) is 13.4. The van der Waals surface area contributed by atoms with Gasteiger partial charge in [0.25, 0.3) is 0 Å². The molecule has 0 radical (unpaired) electrons. The molecule has 50 heavy (non-hydrogen) atoms. The molecule has 0 spiro atoms. The van der Waals surface area contributed by atoms with Gasteiger partial charge in [0.05, 0.1) is 0 Å². The van der Waals surface area contributed by atoms with Crippen molar-refractivity contribution in [1.29, 1.82) is 0 Å². The van der Waals surface area contributed by atoms with Crippen LogP contribution in [0.25, 0.3) is 0 Å². The number of hydrogen-bond donors (Lipinski definition) is 0. The summed E-state index contributed by atoms with van der Waals surface area (Å²) in [5, 5.41) is 10.8. The number of hydrogen-bond acceptors (Lipinski definition) is 3. The van der Waals surface area contributed by atoms with Crippen LogP contribution < -0.4 is 24.0 Å². The molecule has 0 aliphatic heterocycles. The Balaban J connectivity index is 0. The molecule has 0 fully saturated rings. The van der Waals surface area contributed by atoms with E-state index in [1.165, 1.54) is 244 Å². The second-order valence-electron chi connectivity index (χ2n) is 16.0. The van der Waals surface area contributed by atoms with Crippen LogP contribution in [-0.4, -0.2) is 30.5 Å². The molecule has 0 unspecified atom stereocenters. The molecular formula is C46H92LiNO2. The predicted molar refractivity (Wildman–Crippen MR) is 217 cm³/mol. The van der Waals surface area contributed by atoms with Crippen LogP contribution in [0, 0.1) is 0 Å². The van der Waals surface area contributed by atoms with Crippen LogP contribution in [0.1, 0.15) is 271 Å². The molecule has 3 nitrogen and oxygen atoms in total. The third-order valence-electron chi connectivity index (χ3n) is 11.0. The molecule has 0 N–H and O–H groups in total. The Bertz CT molecular complexity index is 575. The van der Waals surface area contributed by atoms with Gasteiger partial charge in [-0.15, -0.1) is 0 Å². The molecule has 0 aromatic carbocycles. The van der Waals surface area contributed by atoms with Gasteiger partial charge in [-0.3, -0.25) is 0 Å². The SMILES string of the molecule is CCCCCCCCCCCCCCCCCCCCN(CCCCCCCCCCCCCCCCCCCC)CCCCCC(=O)[O-].[Li+]. The first-order valence-electron chi connectivity index (χ1n) is 23.1. The first kappa shape index (κ1) is 52.1. The molecule has 0 saturated heterocycles. The zero-order valence-corrected chi connectivity index (χ0v) is 35.2. The first-order valence-corrected chi connectivity index (χ1v) is 23.1. The predicted octanol–water partition coefficient (Wildman–Crippen LogP) is 11.7. The maximum absolute atomic E-state index is 10.8. The van der Waals surface area contributed by atoms with Gasteiger partial charge in [-0.2, -0.15) is 0 Å². The fraction of sp³-hybridized carbons (Fsp3) is 0.978. The second kappa shape index (κ2) is 47.0. The van der Waals surface area contributed by atoms with Gasteiger partial charge >= 0.3 is 18.9 Å². The summed E-state index contributed by atoms with van der Waals surface area (Å²) in [6, 6.07) is 0. The summed E-state index contributed by atoms with van der Waals surface area (Å²) < 4.78 is 0. The number of carboxylic acid groups (broad SMARTS) is 1. The number of carbonyl (C=O) groups is 1. The van der Waals surface area contributed by atoms with Crippen molar-refractivity contribution in [3.05, 3.63) is 0 Å². The number of nitrogens with zero attached hydrogens (tertiary/aromatic N) is 1. The van der Waals surface area contributed by atoms with Crippen molar-refractivity contribution in [3.63, 3.8) is 0 Å². The molecule has 4 heteroatoms. The number of carbonyl (C=O) groups excluding carboxylic acids is 1. The van der Waals surface area contributed by atoms with Crippen molar-refractivity contribution < 1.29 is 28.8 Å². The molecule has 0 aromatic rings. The van der Waals surface area contributed by atoms with E-state index in [9.17, 15) is 9.90 Å². The van der Waals surface area contributed by atoms with Crippen molar-refractivity contribution >= 4 is 5.97 Å². The second-order valence-corrected chi connectivity index (χ2v) is 16.0. The largest absolute Gasteiger partial charge is 1.00 e. The van der Waals surface area contributed by atoms with E-state index in [0.717, 1.165) is 25.8 Å². The molecule has 0 amide bonds. The molecule has 0 aliphatic carbocycles. The summed E-state index contributed by atoms with van der Waals surface area (Å²) in [6.45, 7) is 8.21. The summed E-state index contributed by atoms with van der Waals surface area (Å²) in [5.41, 5.74) is 0. The van der Waals surface area contributed by atoms with E-state index >= 15 is 0 Å². The first-order chi connectivity index (χ1) is 24.2. The average Bonchev–Trinajstić information content (AvgIpc) is 3.09. The van der Waals surface area contributed by atoms with Gasteiger partial charge in [0.15, 0.2) is 0 Å². The van der Waals surface area contributed by atoms with E-state index in [1.54, 1.807) is 0 Å². The smallest absolute Gasteiger partial charge is 0.550 e. The standard InChI is InChI=1S/C46H93NO2.Li/c1-3-5-7-9-11-13-15-17-19-21-23-25-27-29-31-33-35-39-43-47(45-41-37-38-42-46(48)49)44-40-36-34-32-30-28-26-24-22-20-18-16-14-12-10-8-6-4-2;/h3-45H2,1-2H3,(H,48,49);/q;+1/p-1. The molecule has 0 rings (SSSR count). The van der Waals surface area contributed by atoms with E-state index in [-0.39, 0.29) is 25.3 Å². The molecular weight excluding hydrogens is 605 g/mol. The number of rotatable bonds is 44. The molecule has 0 atom stereocenters. The Morgan fingerprint density at radius 3 is 0.700 bits per heavy atom. The van der Waals surface area contributed by atoms with Gasteiger partial charge in [0.2, 0.25) is 0 Å². The molecule has 0 bridgehead atoms. The zero-order chi connectivity index (χ0) is 35.6. The van der Waals surface area contributed by atoms with Gasteiger partial charge in [0, 0.05) is 5.97 Å². The van der Waals surface area contributed by atoms with Gasteiger partial charge < -0.3 is 14.8 Å². The maximum atomic E-state index is 10.8. The van der Waals surface area contributed by atoms with Crippen molar-refractivity contribution in [2.45, 2.75) is 271 Å². The van der Waals surface area contributed by atoms with E-state index < -0.39 is 5.97 Å². The Kier molecular flexibility index (Phi) is 49.1. The summed E-state index contributed by atoms with van der Waals surface area (Å²) in [5.74, 6) is -0.894. The molecule has 294 valence electrons. The van der Waals surface area contributed by atoms with E-state index in [1.807, 2.05) is 0 Å². The van der Waals surface area contributed by atoms with Gasteiger partial charge in [-0.25, -0.2) is 0 Å². The summed E-state index contributed by atoms with van der Waals surface area (Å²) in [6.07, 6.45) is 54.6. The third kappa shape index (κ3) is 46.0. The third-order valence-corrected chi connectivity index (χ3v) is 11.0. The monoisotopic (exact) mass is 698 g/mol. The maximum Gasteiger partial charge on any atom is 1.00 e. The normalized spacial score (nSPS) is 11.4. The van der Waals surface area contributed by atoms with Crippen LogP contribution >= 0.6 is 0 Å². The minimum absolute atomic E-state index is 0. The van der Waals surface area contributed by atoms with E-state index in [4.69, 9.17) is 0 Å². The van der Waals surface area contributed by atoms with E-state index in [0.29, 0.717) is 0 Å². The average molecular weight is 698 g/mol. The van der Waals surface area contributed by atoms with Crippen LogP contribution in [0.5, 0.6) is 0 Å². The molecule has 0 heterocycles. The van der Waals surface area contributed by atoms with Crippen LogP contribution in [0.2, 0.25) is 0 Å². The summed E-state index contributed by atoms with van der Waals surface area (Å²) >= 11 is 0. The van der Waals surface area contributed by atoms with Crippen LogP contribution in [0.4, 0.5) is 0 Å². The molecule has 0 saturated carbocycles. The summed E-state index contributed by atoms with van der Waals surface area (Å²) in [7, 11) is 0. The number of aliphatic carboxylic acids is 1. The molecule has 0 aromatic heterocycles. The fourth-order valence-corrected chi connectivity index (χ4v) is 7.59. The Morgan fingerprint density at radius 2 is 0.500 bits per heavy atom. The van der Waals surface area contributed by atoms with Crippen molar-refractivity contribution in [2.24, 2.45) is 0 Å². The Labute approximate surface area is 328 Å². The van der Waals surface area contributed by atoms with Crippen LogP contribution in [0.3, 0.4) is 0 Å². The van der Waals surface area contributed by atoms with Crippen molar-refractivity contribution in [3.8, 4) is 0 Å². The Hall–Kier alpha value is 0.0274. The molecule has 0 aliphatic rings. The Morgan fingerprint density at radius 1 is 0.320 bits per heavy atom. The fourth-order valence-electron chi connectivity index (χ4n) is 7.59. The van der Waals surface area contributed by atoms with Crippen LogP contribution in [-0.2, 0) is 4.79 Å². The minimum atomic E-state index is -0.894. The van der Waals surface area contributed by atoms with E-state index in [2.05, 4.69) is 18.7 Å². The quantitative estimate of drug-likeness (QED) is 0.0470. The minimum Gasteiger partial charge on any atom is -0.550 e. The number of carboxylic acids is 1. The van der Waals surface area contributed by atoms with Crippen molar-refractivity contribution in [2.75, 3.05) is 19.6 Å². The zero-order valence-electron chi connectivity index (χ0n) is 35.2. The van der Waals surface area contributed by atoms with Crippen LogP contribution in [0.15, 0.2) is 0 Å². The topological polar surface area (TPSA) is 43.4 Å². The van der Waals surface area contributed by atoms with Crippen molar-refractivity contribution in [1.82, 2.24) is 4.90 Å². The van der Waals surface area contributed by atoms with Gasteiger partial charge in [-0.05, 0) is 51.7 Å². The number of unbranched alkanes of at least 4 members (excludes halogenated alkanes) is 36. The van der Waals surface area contributed by atoms with Gasteiger partial charge in [0.1, 0.15) is 0 Å². The van der Waals surface area contributed by atoms with Gasteiger partial charge in [-0.1, -0.05) is 239 Å².